The van der Waals surface area contributed by atoms with Gasteiger partial charge in [0.05, 0.1) is 22.1 Å². The molecule has 2 heteroatoms. The standard InChI is InChI=1S/C56H42N2/c1-3-16-40-17-7-8-20-44(38-40)48-36-34-47(37-39(48)2)57(53-29-14-22-41-18-9-11-26-49(41)53)46-25-13-21-42(31-33-46)50-28-15-30-54-55(50)52-35-32-43-19-10-12-27-51(43)56(52)58(54)45-23-5-4-6-24-45/h3-10,12-25,27-32,34-38,44H,33H2,1-2H3/b16-3-. The Morgan fingerprint density at radius 3 is 2.52 bits per heavy atom. The van der Waals surface area contributed by atoms with Crippen LogP contribution in [0.3, 0.4) is 0 Å². The van der Waals surface area contributed by atoms with Gasteiger partial charge in [0.2, 0.25) is 0 Å². The van der Waals surface area contributed by atoms with E-state index < -0.39 is 0 Å². The molecule has 0 saturated carbocycles. The number of anilines is 2. The van der Waals surface area contributed by atoms with Gasteiger partial charge in [-0.2, -0.15) is 0 Å². The molecule has 7 aromatic carbocycles. The lowest BCUT2D eigenvalue weighted by atomic mass is 9.92. The minimum absolute atomic E-state index is 0.184. The molecule has 1 unspecified atom stereocenters. The van der Waals surface area contributed by atoms with Gasteiger partial charge in [0.15, 0.2) is 0 Å². The van der Waals surface area contributed by atoms with E-state index in [0.717, 1.165) is 34.3 Å². The van der Waals surface area contributed by atoms with E-state index in [0.29, 0.717) is 0 Å². The van der Waals surface area contributed by atoms with E-state index in [1.165, 1.54) is 66.1 Å². The Balaban J connectivity index is 1.10. The molecule has 10 rings (SSSR count). The van der Waals surface area contributed by atoms with E-state index in [9.17, 15) is 0 Å². The molecule has 0 spiro atoms. The highest BCUT2D eigenvalue weighted by molar-refractivity contribution is 6.21. The molecule has 2 aliphatic carbocycles. The van der Waals surface area contributed by atoms with Crippen LogP contribution in [0.4, 0.5) is 11.4 Å². The zero-order valence-corrected chi connectivity index (χ0v) is 32.7. The first-order valence-electron chi connectivity index (χ1n) is 20.2. The van der Waals surface area contributed by atoms with E-state index >= 15 is 0 Å². The third kappa shape index (κ3) is 6.19. The summed E-state index contributed by atoms with van der Waals surface area (Å²) in [6.07, 6.45) is 25.3. The number of nitrogens with zero attached hydrogens (tertiary/aromatic N) is 2. The molecule has 0 amide bonds. The van der Waals surface area contributed by atoms with Crippen LogP contribution < -0.4 is 4.90 Å². The van der Waals surface area contributed by atoms with Gasteiger partial charge >= 0.3 is 0 Å². The number of benzene rings is 6. The Bertz CT molecular complexity index is 3100. The molecule has 0 saturated heterocycles. The number of para-hydroxylation sites is 1. The average molecular weight is 743 g/mol. The van der Waals surface area contributed by atoms with Gasteiger partial charge in [-0.15, -0.1) is 0 Å². The average Bonchev–Trinajstić information content (AvgIpc) is 3.40. The van der Waals surface area contributed by atoms with Crippen LogP contribution in [0.2, 0.25) is 0 Å². The second-order valence-corrected chi connectivity index (χ2v) is 15.1. The smallest absolute Gasteiger partial charge is 0.0621 e. The summed E-state index contributed by atoms with van der Waals surface area (Å²) < 4.78 is 2.45. The topological polar surface area (TPSA) is 8.17 Å². The van der Waals surface area contributed by atoms with Crippen molar-refractivity contribution in [3.05, 3.63) is 240 Å². The number of rotatable bonds is 7. The van der Waals surface area contributed by atoms with Crippen molar-refractivity contribution < 1.29 is 0 Å². The fourth-order valence-corrected chi connectivity index (χ4v) is 8.96. The highest BCUT2D eigenvalue weighted by Gasteiger charge is 2.22. The van der Waals surface area contributed by atoms with Crippen LogP contribution in [0.25, 0.3) is 54.6 Å². The molecule has 276 valence electrons. The van der Waals surface area contributed by atoms with E-state index in [1.54, 1.807) is 0 Å². The Morgan fingerprint density at radius 1 is 0.759 bits per heavy atom. The minimum atomic E-state index is 0.184. The maximum atomic E-state index is 3.47. The van der Waals surface area contributed by atoms with Gasteiger partial charge in [-0.05, 0) is 107 Å². The number of aryl methyl sites for hydroxylation is 1. The Labute approximate surface area is 340 Å². The van der Waals surface area contributed by atoms with E-state index in [2.05, 4.69) is 230 Å². The van der Waals surface area contributed by atoms with Crippen molar-refractivity contribution in [3.8, 4) is 5.69 Å². The first-order valence-corrected chi connectivity index (χ1v) is 20.2. The van der Waals surface area contributed by atoms with Crippen LogP contribution in [-0.2, 0) is 0 Å². The number of fused-ring (bicyclic) bond motifs is 6. The van der Waals surface area contributed by atoms with E-state index in [4.69, 9.17) is 0 Å². The number of aromatic nitrogens is 1. The van der Waals surface area contributed by atoms with E-state index in [1.807, 2.05) is 6.07 Å². The van der Waals surface area contributed by atoms with Gasteiger partial charge in [0.25, 0.3) is 0 Å². The lowest BCUT2D eigenvalue weighted by Gasteiger charge is -2.29. The fraction of sp³-hybridized carbons (Fsp3) is 0.0714. The Kier molecular flexibility index (Phi) is 9.05. The largest absolute Gasteiger partial charge is 0.313 e. The number of hydrogen-bond acceptors (Lipinski definition) is 1. The summed E-state index contributed by atoms with van der Waals surface area (Å²) in [7, 11) is 0. The molecule has 58 heavy (non-hydrogen) atoms. The second-order valence-electron chi connectivity index (χ2n) is 15.1. The molecule has 0 radical (unpaired) electrons. The SMILES string of the molecule is C/C=C\C1=CC(c2ccc(N(C3=CC=CC(c4cccc5c4c4ccc6ccccc6c4n5-c4ccccc4)=CC3)c3cccc4ccc#cc34)cc2C)C=CC=C1. The quantitative estimate of drug-likeness (QED) is 0.158. The van der Waals surface area contributed by atoms with Gasteiger partial charge in [-0.25, -0.2) is 0 Å². The summed E-state index contributed by atoms with van der Waals surface area (Å²) in [6.45, 7) is 4.31. The van der Waals surface area contributed by atoms with Crippen molar-refractivity contribution in [1.29, 1.82) is 0 Å². The first kappa shape index (κ1) is 35.1. The third-order valence-corrected chi connectivity index (χ3v) is 11.6. The van der Waals surface area contributed by atoms with E-state index in [-0.39, 0.29) is 5.92 Å². The van der Waals surface area contributed by atoms with Crippen LogP contribution in [0, 0.1) is 19.1 Å². The molecule has 1 atom stereocenters. The van der Waals surface area contributed by atoms with Crippen LogP contribution >= 0.6 is 0 Å². The lowest BCUT2D eigenvalue weighted by molar-refractivity contribution is 1.04. The Hall–Kier alpha value is -7.34. The monoisotopic (exact) mass is 742 g/mol. The van der Waals surface area contributed by atoms with Gasteiger partial charge in [-0.1, -0.05) is 158 Å². The maximum Gasteiger partial charge on any atom is 0.0621 e. The molecular weight excluding hydrogens is 701 g/mol. The molecule has 2 aliphatic rings. The highest BCUT2D eigenvalue weighted by atomic mass is 15.1. The summed E-state index contributed by atoms with van der Waals surface area (Å²) in [5.41, 5.74) is 13.2. The molecule has 0 aliphatic heterocycles. The number of hydrogen-bond donors (Lipinski definition) is 0. The molecule has 2 nitrogen and oxygen atoms in total. The highest BCUT2D eigenvalue weighted by Crippen LogP contribution is 2.42. The van der Waals surface area contributed by atoms with Crippen LogP contribution in [0.15, 0.2) is 212 Å². The third-order valence-electron chi connectivity index (χ3n) is 11.6. The lowest BCUT2D eigenvalue weighted by Crippen LogP contribution is -2.17. The van der Waals surface area contributed by atoms with Gasteiger partial charge < -0.3 is 9.47 Å². The predicted molar refractivity (Wildman–Crippen MR) is 247 cm³/mol. The Morgan fingerprint density at radius 2 is 1.62 bits per heavy atom. The van der Waals surface area contributed by atoms with Crippen LogP contribution in [0.1, 0.15) is 36.0 Å². The van der Waals surface area contributed by atoms with Crippen LogP contribution in [-0.4, -0.2) is 4.57 Å². The first-order chi connectivity index (χ1) is 28.7. The summed E-state index contributed by atoms with van der Waals surface area (Å²) >= 11 is 0. The second kappa shape index (κ2) is 15.0. The van der Waals surface area contributed by atoms with Gasteiger partial charge in [-0.3, -0.25) is 0 Å². The zero-order chi connectivity index (χ0) is 39.0. The van der Waals surface area contributed by atoms with Crippen molar-refractivity contribution in [1.82, 2.24) is 4.57 Å². The summed E-state index contributed by atoms with van der Waals surface area (Å²) in [5.74, 6) is 0.184. The zero-order valence-electron chi connectivity index (χ0n) is 32.7. The predicted octanol–water partition coefficient (Wildman–Crippen LogP) is 14.8. The van der Waals surface area contributed by atoms with Crippen molar-refractivity contribution >= 4 is 60.3 Å². The minimum Gasteiger partial charge on any atom is -0.313 e. The van der Waals surface area contributed by atoms with Crippen molar-refractivity contribution in [2.24, 2.45) is 0 Å². The fourth-order valence-electron chi connectivity index (χ4n) is 8.96. The molecule has 0 fully saturated rings. The maximum absolute atomic E-state index is 3.47. The molecule has 1 heterocycles. The molecule has 1 aromatic heterocycles. The summed E-state index contributed by atoms with van der Waals surface area (Å²) in [6, 6.07) is 55.1. The van der Waals surface area contributed by atoms with Crippen molar-refractivity contribution in [2.45, 2.75) is 26.2 Å². The summed E-state index contributed by atoms with van der Waals surface area (Å²) in [5, 5.41) is 7.20. The molecular formula is C56H42N2. The summed E-state index contributed by atoms with van der Waals surface area (Å²) in [4.78, 5) is 2.42. The van der Waals surface area contributed by atoms with Gasteiger partial charge in [0.1, 0.15) is 0 Å². The normalized spacial score (nSPS) is 15.4. The van der Waals surface area contributed by atoms with Crippen molar-refractivity contribution in [2.75, 3.05) is 4.90 Å². The van der Waals surface area contributed by atoms with Crippen molar-refractivity contribution in [3.63, 3.8) is 0 Å². The molecule has 0 N–H and O–H groups in total. The number of allylic oxidation sites excluding steroid dienone is 13. The van der Waals surface area contributed by atoms with Crippen LogP contribution in [0.5, 0.6) is 0 Å². The molecule has 8 aromatic rings. The van der Waals surface area contributed by atoms with Gasteiger partial charge in [0, 0.05) is 45.6 Å². The molecule has 0 bridgehead atoms.